The van der Waals surface area contributed by atoms with E-state index < -0.39 is 0 Å². The van der Waals surface area contributed by atoms with Crippen LogP contribution in [-0.4, -0.2) is 0 Å². The Morgan fingerprint density at radius 3 is 2.29 bits per heavy atom. The SMILES string of the molecule is CC(C)(C)C1CC2CC1C1CCCC21. The molecule has 2 bridgehead atoms. The van der Waals surface area contributed by atoms with Crippen molar-refractivity contribution < 1.29 is 0 Å². The Kier molecular flexibility index (Phi) is 1.83. The lowest BCUT2D eigenvalue weighted by Crippen LogP contribution is -2.32. The van der Waals surface area contributed by atoms with Gasteiger partial charge in [0.05, 0.1) is 0 Å². The average molecular weight is 192 g/mol. The first kappa shape index (κ1) is 9.24. The maximum atomic E-state index is 2.46. The number of rotatable bonds is 0. The predicted molar refractivity (Wildman–Crippen MR) is 60.0 cm³/mol. The molecule has 5 atom stereocenters. The van der Waals surface area contributed by atoms with Crippen LogP contribution in [0.15, 0.2) is 0 Å². The van der Waals surface area contributed by atoms with Crippen LogP contribution in [0.5, 0.6) is 0 Å². The molecule has 0 aliphatic heterocycles. The highest BCUT2D eigenvalue weighted by Gasteiger charge is 2.55. The molecule has 3 fully saturated rings. The first-order valence-electron chi connectivity index (χ1n) is 6.57. The van der Waals surface area contributed by atoms with Crippen molar-refractivity contribution in [1.82, 2.24) is 0 Å². The molecule has 0 aromatic heterocycles. The lowest BCUT2D eigenvalue weighted by molar-refractivity contribution is 0.0960. The summed E-state index contributed by atoms with van der Waals surface area (Å²) in [5.74, 6) is 5.62. The first-order valence-corrected chi connectivity index (χ1v) is 6.57. The fourth-order valence-corrected chi connectivity index (χ4v) is 5.06. The van der Waals surface area contributed by atoms with E-state index in [1.54, 1.807) is 32.1 Å². The lowest BCUT2D eigenvalue weighted by Gasteiger charge is -2.39. The Bertz CT molecular complexity index is 235. The molecule has 0 amide bonds. The number of fused-ring (bicyclic) bond motifs is 5. The zero-order valence-corrected chi connectivity index (χ0v) is 9.92. The minimum atomic E-state index is 0.576. The standard InChI is InChI=1S/C14H24/c1-14(2,3)13-8-9-7-12(13)11-6-4-5-10(9)11/h9-13H,4-8H2,1-3H3. The van der Waals surface area contributed by atoms with Crippen LogP contribution in [0.1, 0.15) is 52.9 Å². The van der Waals surface area contributed by atoms with E-state index in [4.69, 9.17) is 0 Å². The van der Waals surface area contributed by atoms with Gasteiger partial charge >= 0.3 is 0 Å². The van der Waals surface area contributed by atoms with E-state index >= 15 is 0 Å². The van der Waals surface area contributed by atoms with Gasteiger partial charge in [-0.05, 0) is 60.7 Å². The van der Waals surface area contributed by atoms with Crippen molar-refractivity contribution in [3.63, 3.8) is 0 Å². The van der Waals surface area contributed by atoms with Gasteiger partial charge in [0.15, 0.2) is 0 Å². The molecule has 0 aromatic carbocycles. The van der Waals surface area contributed by atoms with Gasteiger partial charge in [-0.15, -0.1) is 0 Å². The summed E-state index contributed by atoms with van der Waals surface area (Å²) in [6, 6.07) is 0. The molecule has 0 heteroatoms. The lowest BCUT2D eigenvalue weighted by atomic mass is 9.66. The molecule has 3 aliphatic carbocycles. The van der Waals surface area contributed by atoms with Crippen LogP contribution in [0.25, 0.3) is 0 Å². The van der Waals surface area contributed by atoms with Crippen molar-refractivity contribution in [2.45, 2.75) is 52.9 Å². The fourth-order valence-electron chi connectivity index (χ4n) is 5.06. The smallest absolute Gasteiger partial charge is 0.0331 e. The first-order chi connectivity index (χ1) is 6.57. The minimum Gasteiger partial charge on any atom is -0.0599 e. The second kappa shape index (κ2) is 2.77. The van der Waals surface area contributed by atoms with Gasteiger partial charge in [0.1, 0.15) is 0 Å². The molecule has 3 saturated carbocycles. The van der Waals surface area contributed by atoms with Gasteiger partial charge in [0.25, 0.3) is 0 Å². The predicted octanol–water partition coefficient (Wildman–Crippen LogP) is 4.10. The third-order valence-corrected chi connectivity index (χ3v) is 5.54. The molecule has 0 N–H and O–H groups in total. The molecule has 14 heavy (non-hydrogen) atoms. The Morgan fingerprint density at radius 2 is 1.57 bits per heavy atom. The van der Waals surface area contributed by atoms with Gasteiger partial charge < -0.3 is 0 Å². The fraction of sp³-hybridized carbons (Fsp3) is 1.00. The van der Waals surface area contributed by atoms with E-state index in [9.17, 15) is 0 Å². The molecule has 0 spiro atoms. The molecule has 5 unspecified atom stereocenters. The number of hydrogen-bond acceptors (Lipinski definition) is 0. The monoisotopic (exact) mass is 192 g/mol. The zero-order chi connectivity index (χ0) is 9.92. The van der Waals surface area contributed by atoms with Gasteiger partial charge in [-0.25, -0.2) is 0 Å². The van der Waals surface area contributed by atoms with Gasteiger partial charge in [-0.1, -0.05) is 27.2 Å². The Hall–Kier alpha value is 0. The Balaban J connectivity index is 1.83. The molecule has 0 radical (unpaired) electrons. The third kappa shape index (κ3) is 1.12. The van der Waals surface area contributed by atoms with Gasteiger partial charge in [0, 0.05) is 0 Å². The maximum absolute atomic E-state index is 2.46. The summed E-state index contributed by atoms with van der Waals surface area (Å²) in [6.07, 6.45) is 7.84. The molecule has 80 valence electrons. The van der Waals surface area contributed by atoms with Crippen LogP contribution in [0.4, 0.5) is 0 Å². The van der Waals surface area contributed by atoms with Crippen LogP contribution >= 0.6 is 0 Å². The van der Waals surface area contributed by atoms with Crippen LogP contribution in [0.3, 0.4) is 0 Å². The van der Waals surface area contributed by atoms with Crippen molar-refractivity contribution >= 4 is 0 Å². The van der Waals surface area contributed by atoms with Gasteiger partial charge in [-0.2, -0.15) is 0 Å². The molecule has 0 nitrogen and oxygen atoms in total. The average Bonchev–Trinajstić information content (AvgIpc) is 2.74. The van der Waals surface area contributed by atoms with Crippen molar-refractivity contribution in [2.24, 2.45) is 35.0 Å². The molecule has 0 aromatic rings. The summed E-state index contributed by atoms with van der Waals surface area (Å²) in [4.78, 5) is 0. The van der Waals surface area contributed by atoms with Crippen molar-refractivity contribution in [3.8, 4) is 0 Å². The van der Waals surface area contributed by atoms with Crippen molar-refractivity contribution in [3.05, 3.63) is 0 Å². The largest absolute Gasteiger partial charge is 0.0599 e. The van der Waals surface area contributed by atoms with E-state index in [0.29, 0.717) is 5.41 Å². The van der Waals surface area contributed by atoms with E-state index in [1.165, 1.54) is 5.92 Å². The van der Waals surface area contributed by atoms with E-state index in [-0.39, 0.29) is 0 Å². The van der Waals surface area contributed by atoms with E-state index in [2.05, 4.69) is 20.8 Å². The second-order valence-electron chi connectivity index (χ2n) is 7.13. The summed E-state index contributed by atoms with van der Waals surface area (Å²) in [7, 11) is 0. The summed E-state index contributed by atoms with van der Waals surface area (Å²) >= 11 is 0. The summed E-state index contributed by atoms with van der Waals surface area (Å²) in [6.45, 7) is 7.38. The highest BCUT2D eigenvalue weighted by Crippen LogP contribution is 2.64. The molecule has 3 aliphatic rings. The highest BCUT2D eigenvalue weighted by molar-refractivity contribution is 5.05. The zero-order valence-electron chi connectivity index (χ0n) is 9.92. The van der Waals surface area contributed by atoms with Crippen molar-refractivity contribution in [1.29, 1.82) is 0 Å². The molecule has 3 rings (SSSR count). The van der Waals surface area contributed by atoms with Crippen LogP contribution in [0.2, 0.25) is 0 Å². The maximum Gasteiger partial charge on any atom is -0.0331 e. The summed E-state index contributed by atoms with van der Waals surface area (Å²) in [5.41, 5.74) is 0.576. The normalized spacial score (nSPS) is 51.2. The second-order valence-corrected chi connectivity index (χ2v) is 7.13. The van der Waals surface area contributed by atoms with Crippen LogP contribution in [-0.2, 0) is 0 Å². The quantitative estimate of drug-likeness (QED) is 0.542. The third-order valence-electron chi connectivity index (χ3n) is 5.54. The van der Waals surface area contributed by atoms with Crippen molar-refractivity contribution in [2.75, 3.05) is 0 Å². The summed E-state index contributed by atoms with van der Waals surface area (Å²) in [5, 5.41) is 0. The molecule has 0 heterocycles. The number of hydrogen-bond donors (Lipinski definition) is 0. The Labute approximate surface area is 88.5 Å². The Morgan fingerprint density at radius 1 is 0.857 bits per heavy atom. The van der Waals surface area contributed by atoms with E-state index in [0.717, 1.165) is 23.7 Å². The van der Waals surface area contributed by atoms with Crippen LogP contribution in [0, 0.1) is 35.0 Å². The van der Waals surface area contributed by atoms with Crippen LogP contribution < -0.4 is 0 Å². The molecular weight excluding hydrogens is 168 g/mol. The minimum absolute atomic E-state index is 0.576. The molecular formula is C14H24. The van der Waals surface area contributed by atoms with Gasteiger partial charge in [0.2, 0.25) is 0 Å². The highest BCUT2D eigenvalue weighted by atomic mass is 14.6. The summed E-state index contributed by atoms with van der Waals surface area (Å²) < 4.78 is 0. The topological polar surface area (TPSA) is 0 Å². The van der Waals surface area contributed by atoms with Gasteiger partial charge in [-0.3, -0.25) is 0 Å². The van der Waals surface area contributed by atoms with E-state index in [1.807, 2.05) is 0 Å². The molecule has 0 saturated heterocycles.